The van der Waals surface area contributed by atoms with Gasteiger partial charge in [-0.2, -0.15) is 0 Å². The van der Waals surface area contributed by atoms with Crippen LogP contribution in [0.4, 0.5) is 0 Å². The van der Waals surface area contributed by atoms with Crippen LogP contribution in [0.1, 0.15) is 33.1 Å². The molecule has 1 atom stereocenters. The molecule has 17 heavy (non-hydrogen) atoms. The van der Waals surface area contributed by atoms with Gasteiger partial charge in [-0.05, 0) is 31.7 Å². The van der Waals surface area contributed by atoms with Gasteiger partial charge in [0, 0.05) is 25.7 Å². The molecular formula is C13H24N2O2. The lowest BCUT2D eigenvalue weighted by Crippen LogP contribution is -2.45. The fourth-order valence-corrected chi connectivity index (χ4v) is 2.92. The van der Waals surface area contributed by atoms with Crippen LogP contribution in [-0.4, -0.2) is 59.6 Å². The zero-order chi connectivity index (χ0) is 12.6. The molecule has 1 unspecified atom stereocenters. The van der Waals surface area contributed by atoms with Gasteiger partial charge in [0.1, 0.15) is 0 Å². The molecule has 0 bridgehead atoms. The molecule has 2 fully saturated rings. The number of aliphatic hydroxyl groups is 1. The van der Waals surface area contributed by atoms with Crippen molar-refractivity contribution in [2.45, 2.75) is 45.2 Å². The Hall–Kier alpha value is -0.610. The lowest BCUT2D eigenvalue weighted by Gasteiger charge is -2.29. The third-order valence-electron chi connectivity index (χ3n) is 3.77. The summed E-state index contributed by atoms with van der Waals surface area (Å²) in [5.74, 6) is 0.217. The number of likely N-dealkylation sites (N-methyl/N-ethyl adjacent to an activating group) is 1. The zero-order valence-electron chi connectivity index (χ0n) is 11.1. The first-order chi connectivity index (χ1) is 7.94. The molecule has 2 rings (SSSR count). The molecule has 0 aromatic rings. The minimum Gasteiger partial charge on any atom is -0.396 e. The molecule has 0 aromatic carbocycles. The van der Waals surface area contributed by atoms with E-state index in [0.29, 0.717) is 12.5 Å². The van der Waals surface area contributed by atoms with Crippen molar-refractivity contribution in [2.75, 3.05) is 26.7 Å². The second-order valence-electron chi connectivity index (χ2n) is 6.30. The van der Waals surface area contributed by atoms with E-state index in [-0.39, 0.29) is 24.0 Å². The molecule has 2 aliphatic rings. The summed E-state index contributed by atoms with van der Waals surface area (Å²) in [5, 5.41) is 9.12. The third-order valence-corrected chi connectivity index (χ3v) is 3.77. The van der Waals surface area contributed by atoms with Gasteiger partial charge in [-0.25, -0.2) is 0 Å². The largest absolute Gasteiger partial charge is 0.396 e. The summed E-state index contributed by atoms with van der Waals surface area (Å²) in [6.45, 7) is 6.27. The SMILES string of the molecule is CN1CC(C)(C)CN(C2CC2)C(=O)C1CCO. The fraction of sp³-hybridized carbons (Fsp3) is 0.923. The molecule has 1 heterocycles. The first kappa shape index (κ1) is 12.8. The van der Waals surface area contributed by atoms with Crippen molar-refractivity contribution in [3.8, 4) is 0 Å². The Labute approximate surface area is 104 Å². The van der Waals surface area contributed by atoms with E-state index in [1.54, 1.807) is 0 Å². The van der Waals surface area contributed by atoms with Crippen LogP contribution in [0.5, 0.6) is 0 Å². The summed E-state index contributed by atoms with van der Waals surface area (Å²) < 4.78 is 0. The Balaban J connectivity index is 2.19. The number of aliphatic hydroxyl groups excluding tert-OH is 1. The molecule has 1 amide bonds. The van der Waals surface area contributed by atoms with E-state index in [2.05, 4.69) is 23.6 Å². The normalized spacial score (nSPS) is 30.5. The predicted molar refractivity (Wildman–Crippen MR) is 66.6 cm³/mol. The van der Waals surface area contributed by atoms with Gasteiger partial charge in [0.2, 0.25) is 5.91 Å². The maximum atomic E-state index is 12.5. The first-order valence-corrected chi connectivity index (χ1v) is 6.56. The van der Waals surface area contributed by atoms with E-state index >= 15 is 0 Å². The van der Waals surface area contributed by atoms with Crippen LogP contribution >= 0.6 is 0 Å². The van der Waals surface area contributed by atoms with Gasteiger partial charge in [-0.3, -0.25) is 9.69 Å². The van der Waals surface area contributed by atoms with Gasteiger partial charge in [0.15, 0.2) is 0 Å². The van der Waals surface area contributed by atoms with Crippen molar-refractivity contribution in [3.05, 3.63) is 0 Å². The van der Waals surface area contributed by atoms with E-state index in [1.807, 2.05) is 7.05 Å². The monoisotopic (exact) mass is 240 g/mol. The van der Waals surface area contributed by atoms with Gasteiger partial charge in [0.05, 0.1) is 6.04 Å². The van der Waals surface area contributed by atoms with E-state index in [4.69, 9.17) is 5.11 Å². The molecule has 0 aromatic heterocycles. The first-order valence-electron chi connectivity index (χ1n) is 6.56. The smallest absolute Gasteiger partial charge is 0.240 e. The Morgan fingerprint density at radius 2 is 2.00 bits per heavy atom. The molecule has 4 heteroatoms. The van der Waals surface area contributed by atoms with Gasteiger partial charge >= 0.3 is 0 Å². The minimum absolute atomic E-state index is 0.0830. The molecule has 1 N–H and O–H groups in total. The number of carbonyl (C=O) groups is 1. The van der Waals surface area contributed by atoms with E-state index in [0.717, 1.165) is 25.9 Å². The molecule has 1 saturated heterocycles. The van der Waals surface area contributed by atoms with Crippen molar-refractivity contribution in [1.29, 1.82) is 0 Å². The van der Waals surface area contributed by atoms with Gasteiger partial charge < -0.3 is 10.0 Å². The Bertz CT molecular complexity index is 300. The number of hydrogen-bond donors (Lipinski definition) is 1. The van der Waals surface area contributed by atoms with Crippen molar-refractivity contribution in [2.24, 2.45) is 5.41 Å². The van der Waals surface area contributed by atoms with Crippen molar-refractivity contribution in [1.82, 2.24) is 9.80 Å². The summed E-state index contributed by atoms with van der Waals surface area (Å²) in [5.41, 5.74) is 0.136. The molecule has 0 radical (unpaired) electrons. The van der Waals surface area contributed by atoms with Crippen LogP contribution in [0, 0.1) is 5.41 Å². The predicted octanol–water partition coefficient (Wildman–Crippen LogP) is 0.700. The highest BCUT2D eigenvalue weighted by Gasteiger charge is 2.43. The average Bonchev–Trinajstić information content (AvgIpc) is 3.03. The molecule has 98 valence electrons. The standard InChI is InChI=1S/C13H24N2O2/c1-13(2)8-14(3)11(6-7-16)12(17)15(9-13)10-4-5-10/h10-11,16H,4-9H2,1-3H3. The van der Waals surface area contributed by atoms with Crippen LogP contribution in [-0.2, 0) is 4.79 Å². The Kier molecular flexibility index (Phi) is 3.46. The third kappa shape index (κ3) is 2.80. The van der Waals surface area contributed by atoms with Crippen LogP contribution < -0.4 is 0 Å². The number of hydrogen-bond acceptors (Lipinski definition) is 3. The van der Waals surface area contributed by atoms with E-state index in [9.17, 15) is 4.79 Å². The molecule has 1 aliphatic carbocycles. The van der Waals surface area contributed by atoms with Crippen molar-refractivity contribution >= 4 is 5.91 Å². The molecule has 4 nitrogen and oxygen atoms in total. The van der Waals surface area contributed by atoms with Gasteiger partial charge in [-0.1, -0.05) is 13.8 Å². The van der Waals surface area contributed by atoms with Crippen LogP contribution in [0.3, 0.4) is 0 Å². The zero-order valence-corrected chi connectivity index (χ0v) is 11.1. The lowest BCUT2D eigenvalue weighted by molar-refractivity contribution is -0.136. The summed E-state index contributed by atoms with van der Waals surface area (Å²) in [6, 6.07) is 0.330. The summed E-state index contributed by atoms with van der Waals surface area (Å²) in [4.78, 5) is 16.7. The average molecular weight is 240 g/mol. The van der Waals surface area contributed by atoms with Gasteiger partial charge in [-0.15, -0.1) is 0 Å². The Morgan fingerprint density at radius 3 is 2.53 bits per heavy atom. The number of rotatable bonds is 3. The number of nitrogens with zero attached hydrogens (tertiary/aromatic N) is 2. The Morgan fingerprint density at radius 1 is 1.35 bits per heavy atom. The lowest BCUT2D eigenvalue weighted by atomic mass is 9.92. The van der Waals surface area contributed by atoms with Crippen LogP contribution in [0.2, 0.25) is 0 Å². The molecule has 1 aliphatic heterocycles. The van der Waals surface area contributed by atoms with E-state index in [1.165, 1.54) is 0 Å². The topological polar surface area (TPSA) is 43.8 Å². The van der Waals surface area contributed by atoms with Crippen molar-refractivity contribution < 1.29 is 9.90 Å². The highest BCUT2D eigenvalue weighted by molar-refractivity contribution is 5.82. The van der Waals surface area contributed by atoms with E-state index < -0.39 is 0 Å². The maximum Gasteiger partial charge on any atom is 0.240 e. The minimum atomic E-state index is -0.137. The van der Waals surface area contributed by atoms with Crippen LogP contribution in [0.25, 0.3) is 0 Å². The summed E-state index contributed by atoms with van der Waals surface area (Å²) >= 11 is 0. The fourth-order valence-electron chi connectivity index (χ4n) is 2.92. The second kappa shape index (κ2) is 4.58. The summed E-state index contributed by atoms with van der Waals surface area (Å²) in [6.07, 6.45) is 2.85. The summed E-state index contributed by atoms with van der Waals surface area (Å²) in [7, 11) is 2.00. The maximum absolute atomic E-state index is 12.5. The highest BCUT2D eigenvalue weighted by Crippen LogP contribution is 2.34. The van der Waals surface area contributed by atoms with Crippen LogP contribution in [0.15, 0.2) is 0 Å². The molecule has 0 spiro atoms. The molecule has 1 saturated carbocycles. The van der Waals surface area contributed by atoms with Crippen molar-refractivity contribution in [3.63, 3.8) is 0 Å². The number of amides is 1. The quantitative estimate of drug-likeness (QED) is 0.790. The van der Waals surface area contributed by atoms with Gasteiger partial charge in [0.25, 0.3) is 0 Å². The second-order valence-corrected chi connectivity index (χ2v) is 6.30. The number of carbonyl (C=O) groups excluding carboxylic acids is 1. The molecular weight excluding hydrogens is 216 g/mol. The highest BCUT2D eigenvalue weighted by atomic mass is 16.3.